The number of carbonyl (C=O) groups is 1. The molecule has 0 unspecified atom stereocenters. The van der Waals surface area contributed by atoms with E-state index in [1.807, 2.05) is 0 Å². The van der Waals surface area contributed by atoms with Gasteiger partial charge in [0.25, 0.3) is 0 Å². The lowest BCUT2D eigenvalue weighted by Crippen LogP contribution is -2.38. The van der Waals surface area contributed by atoms with Gasteiger partial charge in [-0.3, -0.25) is 0 Å². The Labute approximate surface area is 118 Å². The lowest BCUT2D eigenvalue weighted by molar-refractivity contribution is 0.0695. The Morgan fingerprint density at radius 1 is 1.35 bits per heavy atom. The first-order chi connectivity index (χ1) is 9.07. The molecule has 0 heterocycles. The van der Waals surface area contributed by atoms with E-state index in [1.54, 1.807) is 6.92 Å². The van der Waals surface area contributed by atoms with E-state index in [4.69, 9.17) is 5.11 Å². The van der Waals surface area contributed by atoms with E-state index in [2.05, 4.69) is 4.72 Å². The molecule has 0 spiro atoms. The van der Waals surface area contributed by atoms with Gasteiger partial charge in [-0.2, -0.15) is 0 Å². The standard InChI is InChI=1S/C13H19NO5S/c1-4-9-5-6-10(7-11(9)12(15)16)20(18,19)14-8-13(2,3)17/h5-7,14,17H,4,8H2,1-3H3,(H,15,16). The SMILES string of the molecule is CCc1ccc(S(=O)(=O)NCC(C)(C)O)cc1C(=O)O. The van der Waals surface area contributed by atoms with Crippen LogP contribution in [0.4, 0.5) is 0 Å². The number of rotatable bonds is 6. The van der Waals surface area contributed by atoms with Crippen molar-refractivity contribution in [1.82, 2.24) is 4.72 Å². The number of benzene rings is 1. The fraction of sp³-hybridized carbons (Fsp3) is 0.462. The van der Waals surface area contributed by atoms with Crippen LogP contribution in [0.25, 0.3) is 0 Å². The summed E-state index contributed by atoms with van der Waals surface area (Å²) in [5.41, 5.74) is -0.649. The minimum atomic E-state index is -3.85. The van der Waals surface area contributed by atoms with Crippen molar-refractivity contribution in [2.75, 3.05) is 6.54 Å². The molecule has 1 aromatic carbocycles. The molecule has 7 heteroatoms. The van der Waals surface area contributed by atoms with Crippen molar-refractivity contribution in [3.8, 4) is 0 Å². The van der Waals surface area contributed by atoms with Crippen molar-refractivity contribution in [3.63, 3.8) is 0 Å². The second-order valence-corrected chi connectivity index (χ2v) is 6.88. The molecule has 1 rings (SSSR count). The van der Waals surface area contributed by atoms with E-state index in [1.165, 1.54) is 26.0 Å². The first-order valence-electron chi connectivity index (χ1n) is 6.15. The molecule has 0 aromatic heterocycles. The number of aryl methyl sites for hydroxylation is 1. The van der Waals surface area contributed by atoms with Gasteiger partial charge in [-0.25, -0.2) is 17.9 Å². The molecular weight excluding hydrogens is 282 g/mol. The number of carboxylic acids is 1. The van der Waals surface area contributed by atoms with Crippen LogP contribution in [-0.4, -0.2) is 36.7 Å². The molecule has 0 aliphatic heterocycles. The maximum absolute atomic E-state index is 12.0. The third kappa shape index (κ3) is 4.29. The highest BCUT2D eigenvalue weighted by Crippen LogP contribution is 2.17. The van der Waals surface area contributed by atoms with Crippen molar-refractivity contribution >= 4 is 16.0 Å². The molecule has 112 valence electrons. The fourth-order valence-corrected chi connectivity index (χ4v) is 2.82. The lowest BCUT2D eigenvalue weighted by atomic mass is 10.1. The van der Waals surface area contributed by atoms with Crippen LogP contribution in [0.15, 0.2) is 23.1 Å². The van der Waals surface area contributed by atoms with Crippen LogP contribution in [-0.2, 0) is 16.4 Å². The molecule has 0 atom stereocenters. The van der Waals surface area contributed by atoms with Crippen LogP contribution >= 0.6 is 0 Å². The van der Waals surface area contributed by atoms with Gasteiger partial charge in [0.15, 0.2) is 0 Å². The van der Waals surface area contributed by atoms with Crippen LogP contribution in [0.1, 0.15) is 36.7 Å². The Morgan fingerprint density at radius 3 is 2.40 bits per heavy atom. The normalized spacial score (nSPS) is 12.4. The number of sulfonamides is 1. The predicted molar refractivity (Wildman–Crippen MR) is 74.3 cm³/mol. The largest absolute Gasteiger partial charge is 0.478 e. The van der Waals surface area contributed by atoms with Gasteiger partial charge in [-0.05, 0) is 38.0 Å². The predicted octanol–water partition coefficient (Wildman–Crippen LogP) is 0.996. The van der Waals surface area contributed by atoms with Gasteiger partial charge >= 0.3 is 5.97 Å². The molecule has 6 nitrogen and oxygen atoms in total. The van der Waals surface area contributed by atoms with Crippen molar-refractivity contribution in [2.45, 2.75) is 37.7 Å². The summed E-state index contributed by atoms with van der Waals surface area (Å²) in [4.78, 5) is 11.0. The molecule has 0 amide bonds. The summed E-state index contributed by atoms with van der Waals surface area (Å²) in [6.45, 7) is 4.58. The molecule has 20 heavy (non-hydrogen) atoms. The quantitative estimate of drug-likeness (QED) is 0.727. The first kappa shape index (κ1) is 16.6. The minimum Gasteiger partial charge on any atom is -0.478 e. The molecule has 0 saturated carbocycles. The summed E-state index contributed by atoms with van der Waals surface area (Å²) in [5, 5.41) is 18.6. The summed E-state index contributed by atoms with van der Waals surface area (Å²) >= 11 is 0. The number of hydrogen-bond donors (Lipinski definition) is 3. The zero-order chi connectivity index (χ0) is 15.6. The van der Waals surface area contributed by atoms with Crippen LogP contribution in [0.2, 0.25) is 0 Å². The molecule has 0 bridgehead atoms. The van der Waals surface area contributed by atoms with E-state index >= 15 is 0 Å². The summed E-state index contributed by atoms with van der Waals surface area (Å²) < 4.78 is 26.3. The highest BCUT2D eigenvalue weighted by molar-refractivity contribution is 7.89. The van der Waals surface area contributed by atoms with Crippen molar-refractivity contribution in [3.05, 3.63) is 29.3 Å². The van der Waals surface area contributed by atoms with Gasteiger partial charge in [0.1, 0.15) is 0 Å². The van der Waals surface area contributed by atoms with Gasteiger partial charge < -0.3 is 10.2 Å². The van der Waals surface area contributed by atoms with E-state index in [9.17, 15) is 18.3 Å². The summed E-state index contributed by atoms with van der Waals surface area (Å²) in [5.74, 6) is -1.17. The topological polar surface area (TPSA) is 104 Å². The van der Waals surface area contributed by atoms with Crippen LogP contribution in [0, 0.1) is 0 Å². The Hall–Kier alpha value is -1.44. The third-order valence-electron chi connectivity index (χ3n) is 2.70. The van der Waals surface area contributed by atoms with Crippen LogP contribution < -0.4 is 4.72 Å². The Kier molecular flexibility index (Phi) is 4.90. The summed E-state index contributed by atoms with van der Waals surface area (Å²) in [7, 11) is -3.85. The van der Waals surface area contributed by atoms with Crippen LogP contribution in [0.5, 0.6) is 0 Å². The fourth-order valence-electron chi connectivity index (χ4n) is 1.59. The Balaban J connectivity index is 3.13. The molecule has 0 aliphatic carbocycles. The van der Waals surface area contributed by atoms with Gasteiger partial charge in [0.2, 0.25) is 10.0 Å². The third-order valence-corrected chi connectivity index (χ3v) is 4.10. The summed E-state index contributed by atoms with van der Waals surface area (Å²) in [6, 6.07) is 3.98. The lowest BCUT2D eigenvalue weighted by Gasteiger charge is -2.18. The molecule has 0 saturated heterocycles. The zero-order valence-electron chi connectivity index (χ0n) is 11.7. The maximum atomic E-state index is 12.0. The summed E-state index contributed by atoms with van der Waals surface area (Å²) in [6.07, 6.45) is 0.499. The molecule has 0 fully saturated rings. The zero-order valence-corrected chi connectivity index (χ0v) is 12.5. The van der Waals surface area contributed by atoms with Crippen LogP contribution in [0.3, 0.4) is 0 Å². The maximum Gasteiger partial charge on any atom is 0.336 e. The van der Waals surface area contributed by atoms with Gasteiger partial charge in [0.05, 0.1) is 16.1 Å². The Bertz CT molecular complexity index is 602. The monoisotopic (exact) mass is 301 g/mol. The minimum absolute atomic E-state index is 0.0290. The average Bonchev–Trinajstić information content (AvgIpc) is 2.35. The molecule has 0 aliphatic rings. The van der Waals surface area contributed by atoms with E-state index in [-0.39, 0.29) is 17.0 Å². The van der Waals surface area contributed by atoms with E-state index in [0.29, 0.717) is 12.0 Å². The molecule has 1 aromatic rings. The van der Waals surface area contributed by atoms with Crippen molar-refractivity contribution in [2.24, 2.45) is 0 Å². The second-order valence-electron chi connectivity index (χ2n) is 5.11. The number of nitrogens with one attached hydrogen (secondary N) is 1. The average molecular weight is 301 g/mol. The number of carboxylic acid groups (broad SMARTS) is 1. The van der Waals surface area contributed by atoms with Gasteiger partial charge in [-0.1, -0.05) is 13.0 Å². The smallest absolute Gasteiger partial charge is 0.336 e. The number of hydrogen-bond acceptors (Lipinski definition) is 4. The Morgan fingerprint density at radius 2 is 1.95 bits per heavy atom. The highest BCUT2D eigenvalue weighted by Gasteiger charge is 2.21. The number of aromatic carboxylic acids is 1. The van der Waals surface area contributed by atoms with Crippen molar-refractivity contribution in [1.29, 1.82) is 0 Å². The number of aliphatic hydroxyl groups is 1. The molecule has 0 radical (unpaired) electrons. The molecular formula is C13H19NO5S. The highest BCUT2D eigenvalue weighted by atomic mass is 32.2. The van der Waals surface area contributed by atoms with Crippen molar-refractivity contribution < 1.29 is 23.4 Å². The van der Waals surface area contributed by atoms with E-state index in [0.717, 1.165) is 6.07 Å². The van der Waals surface area contributed by atoms with Gasteiger partial charge in [-0.15, -0.1) is 0 Å². The molecule has 3 N–H and O–H groups in total. The first-order valence-corrected chi connectivity index (χ1v) is 7.63. The van der Waals surface area contributed by atoms with Gasteiger partial charge in [0, 0.05) is 6.54 Å². The van der Waals surface area contributed by atoms with E-state index < -0.39 is 21.6 Å². The second kappa shape index (κ2) is 5.90.